The Bertz CT molecular complexity index is 440. The third kappa shape index (κ3) is 2.49. The van der Waals surface area contributed by atoms with Gasteiger partial charge < -0.3 is 9.80 Å². The molecule has 1 heterocycles. The Morgan fingerprint density at radius 1 is 1.11 bits per heavy atom. The van der Waals surface area contributed by atoms with Crippen molar-refractivity contribution in [3.05, 3.63) is 24.3 Å². The molecule has 1 aliphatic carbocycles. The van der Waals surface area contributed by atoms with Crippen molar-refractivity contribution in [2.45, 2.75) is 25.7 Å². The van der Waals surface area contributed by atoms with Gasteiger partial charge in [-0.05, 0) is 30.4 Å². The number of hydrogen-bond acceptors (Lipinski definition) is 2. The summed E-state index contributed by atoms with van der Waals surface area (Å²) in [5.41, 5.74) is 3.31. The molecular weight excluding hydrogens is 300 g/mol. The summed E-state index contributed by atoms with van der Waals surface area (Å²) in [6.07, 6.45) is 5.57. The minimum absolute atomic E-state index is 0.503. The first-order chi connectivity index (χ1) is 9.24. The first kappa shape index (κ1) is 13.3. The number of halogens is 1. The molecule has 0 radical (unpaired) electrons. The second kappa shape index (κ2) is 5.35. The highest BCUT2D eigenvalue weighted by Gasteiger charge is 2.36. The number of para-hydroxylation sites is 2. The fraction of sp³-hybridized carbons (Fsp3) is 0.625. The molecule has 104 valence electrons. The first-order valence-corrected chi connectivity index (χ1v) is 8.47. The topological polar surface area (TPSA) is 6.48 Å². The van der Waals surface area contributed by atoms with Crippen molar-refractivity contribution in [2.24, 2.45) is 5.41 Å². The maximum Gasteiger partial charge on any atom is 0.0604 e. The molecule has 0 unspecified atom stereocenters. The van der Waals surface area contributed by atoms with Crippen molar-refractivity contribution < 1.29 is 0 Å². The van der Waals surface area contributed by atoms with Gasteiger partial charge in [-0.25, -0.2) is 0 Å². The van der Waals surface area contributed by atoms with E-state index in [0.29, 0.717) is 5.41 Å². The number of hydrogen-bond donors (Lipinski definition) is 0. The largest absolute Gasteiger partial charge is 0.371 e. The van der Waals surface area contributed by atoms with E-state index < -0.39 is 0 Å². The Labute approximate surface area is 124 Å². The van der Waals surface area contributed by atoms with Gasteiger partial charge >= 0.3 is 0 Å². The molecule has 19 heavy (non-hydrogen) atoms. The molecule has 1 fully saturated rings. The Balaban J connectivity index is 1.84. The van der Waals surface area contributed by atoms with Crippen LogP contribution in [0.25, 0.3) is 0 Å². The third-order valence-corrected chi connectivity index (χ3v) is 6.00. The number of alkyl halides is 1. The molecule has 1 saturated carbocycles. The van der Waals surface area contributed by atoms with Crippen LogP contribution in [-0.2, 0) is 0 Å². The second-order valence-corrected chi connectivity index (χ2v) is 6.73. The molecule has 0 saturated heterocycles. The van der Waals surface area contributed by atoms with Gasteiger partial charge in [0.1, 0.15) is 0 Å². The number of rotatable bonds is 3. The van der Waals surface area contributed by atoms with E-state index in [-0.39, 0.29) is 0 Å². The van der Waals surface area contributed by atoms with Gasteiger partial charge in [-0.15, -0.1) is 0 Å². The van der Waals surface area contributed by atoms with E-state index in [0.717, 1.165) is 18.4 Å². The van der Waals surface area contributed by atoms with Gasteiger partial charge in [0.2, 0.25) is 0 Å². The zero-order valence-corrected chi connectivity index (χ0v) is 13.3. The van der Waals surface area contributed by atoms with Gasteiger partial charge in [0.05, 0.1) is 11.4 Å². The standard InChI is InChI=1S/C16H23BrN2/c1-18-10-11-19(15-7-3-2-6-14(15)18)13-16(12-17)8-4-5-9-16/h2-3,6-7H,4-5,8-13H2,1H3. The number of fused-ring (bicyclic) bond motifs is 1. The molecule has 0 N–H and O–H groups in total. The Morgan fingerprint density at radius 2 is 1.79 bits per heavy atom. The summed E-state index contributed by atoms with van der Waals surface area (Å²) in [5.74, 6) is 0. The van der Waals surface area contributed by atoms with Crippen molar-refractivity contribution >= 4 is 27.3 Å². The summed E-state index contributed by atoms with van der Waals surface area (Å²) in [5, 5.41) is 1.15. The molecule has 0 spiro atoms. The molecular formula is C16H23BrN2. The fourth-order valence-electron chi connectivity index (χ4n) is 3.59. The van der Waals surface area contributed by atoms with Crippen molar-refractivity contribution in [1.82, 2.24) is 0 Å². The van der Waals surface area contributed by atoms with Crippen molar-refractivity contribution in [2.75, 3.05) is 41.8 Å². The molecule has 3 rings (SSSR count). The summed E-state index contributed by atoms with van der Waals surface area (Å²) >= 11 is 3.77. The van der Waals surface area contributed by atoms with E-state index in [1.165, 1.54) is 43.6 Å². The summed E-state index contributed by atoms with van der Waals surface area (Å²) in [6.45, 7) is 3.50. The van der Waals surface area contributed by atoms with Gasteiger partial charge in [-0.1, -0.05) is 40.9 Å². The Morgan fingerprint density at radius 3 is 2.47 bits per heavy atom. The third-order valence-electron chi connectivity index (χ3n) is 4.81. The van der Waals surface area contributed by atoms with Gasteiger partial charge in [0.15, 0.2) is 0 Å². The highest BCUT2D eigenvalue weighted by molar-refractivity contribution is 9.09. The lowest BCUT2D eigenvalue weighted by atomic mass is 9.87. The van der Waals surface area contributed by atoms with Gasteiger partial charge in [-0.3, -0.25) is 0 Å². The van der Waals surface area contributed by atoms with Crippen LogP contribution < -0.4 is 9.80 Å². The van der Waals surface area contributed by atoms with Gasteiger partial charge in [-0.2, -0.15) is 0 Å². The molecule has 1 aromatic rings. The Hall–Kier alpha value is -0.700. The molecule has 0 aromatic heterocycles. The first-order valence-electron chi connectivity index (χ1n) is 7.35. The van der Waals surface area contributed by atoms with E-state index in [2.05, 4.69) is 57.0 Å². The molecule has 1 aromatic carbocycles. The molecule has 2 aliphatic rings. The van der Waals surface area contributed by atoms with Crippen LogP contribution in [0.15, 0.2) is 24.3 Å². The van der Waals surface area contributed by atoms with Crippen LogP contribution in [0.5, 0.6) is 0 Å². The highest BCUT2D eigenvalue weighted by atomic mass is 79.9. The second-order valence-electron chi connectivity index (χ2n) is 6.17. The quantitative estimate of drug-likeness (QED) is 0.779. The average molecular weight is 323 g/mol. The number of benzene rings is 1. The lowest BCUT2D eigenvalue weighted by Crippen LogP contribution is -2.45. The van der Waals surface area contributed by atoms with Crippen molar-refractivity contribution in [1.29, 1.82) is 0 Å². The zero-order valence-electron chi connectivity index (χ0n) is 11.7. The van der Waals surface area contributed by atoms with Crippen LogP contribution in [0, 0.1) is 5.41 Å². The zero-order chi connectivity index (χ0) is 13.3. The lowest BCUT2D eigenvalue weighted by Gasteiger charge is -2.41. The fourth-order valence-corrected chi connectivity index (χ4v) is 4.33. The molecule has 2 nitrogen and oxygen atoms in total. The number of likely N-dealkylation sites (N-methyl/N-ethyl adjacent to an activating group) is 1. The smallest absolute Gasteiger partial charge is 0.0604 e. The predicted octanol–water partition coefficient (Wildman–Crippen LogP) is 3.90. The number of anilines is 2. The lowest BCUT2D eigenvalue weighted by molar-refractivity contribution is 0.349. The maximum absolute atomic E-state index is 3.77. The highest BCUT2D eigenvalue weighted by Crippen LogP contribution is 2.42. The summed E-state index contributed by atoms with van der Waals surface area (Å²) in [6, 6.07) is 8.84. The van der Waals surface area contributed by atoms with Crippen molar-refractivity contribution in [3.63, 3.8) is 0 Å². The van der Waals surface area contributed by atoms with Crippen LogP contribution >= 0.6 is 15.9 Å². The maximum atomic E-state index is 3.77. The average Bonchev–Trinajstić information content (AvgIpc) is 2.92. The predicted molar refractivity (Wildman–Crippen MR) is 86.6 cm³/mol. The SMILES string of the molecule is CN1CCN(CC2(CBr)CCCC2)c2ccccc21. The summed E-state index contributed by atoms with van der Waals surface area (Å²) in [4.78, 5) is 4.99. The minimum Gasteiger partial charge on any atom is -0.371 e. The minimum atomic E-state index is 0.503. The van der Waals surface area contributed by atoms with E-state index in [1.54, 1.807) is 0 Å². The van der Waals surface area contributed by atoms with Gasteiger partial charge in [0, 0.05) is 32.0 Å². The van der Waals surface area contributed by atoms with E-state index >= 15 is 0 Å². The van der Waals surface area contributed by atoms with Crippen LogP contribution in [-0.4, -0.2) is 32.0 Å². The Kier molecular flexibility index (Phi) is 3.75. The van der Waals surface area contributed by atoms with E-state index in [4.69, 9.17) is 0 Å². The monoisotopic (exact) mass is 322 g/mol. The van der Waals surface area contributed by atoms with Gasteiger partial charge in [0.25, 0.3) is 0 Å². The number of nitrogens with zero attached hydrogens (tertiary/aromatic N) is 2. The van der Waals surface area contributed by atoms with Crippen LogP contribution in [0.2, 0.25) is 0 Å². The van der Waals surface area contributed by atoms with Crippen LogP contribution in [0.3, 0.4) is 0 Å². The molecule has 0 amide bonds. The van der Waals surface area contributed by atoms with E-state index in [1.807, 2.05) is 0 Å². The molecule has 0 bridgehead atoms. The van der Waals surface area contributed by atoms with Crippen molar-refractivity contribution in [3.8, 4) is 0 Å². The van der Waals surface area contributed by atoms with Crippen LogP contribution in [0.4, 0.5) is 11.4 Å². The molecule has 0 atom stereocenters. The normalized spacial score (nSPS) is 21.6. The molecule has 3 heteroatoms. The summed E-state index contributed by atoms with van der Waals surface area (Å²) < 4.78 is 0. The van der Waals surface area contributed by atoms with Crippen LogP contribution in [0.1, 0.15) is 25.7 Å². The molecule has 1 aliphatic heterocycles. The summed E-state index contributed by atoms with van der Waals surface area (Å²) in [7, 11) is 2.20. The van der Waals surface area contributed by atoms with E-state index in [9.17, 15) is 0 Å².